The Morgan fingerprint density at radius 1 is 1.30 bits per heavy atom. The first-order chi connectivity index (χ1) is 3.97. The molecule has 0 fully saturated rings. The van der Waals surface area contributed by atoms with Crippen molar-refractivity contribution in [2.45, 2.75) is 39.7 Å². The predicted octanol–water partition coefficient (Wildman–Crippen LogP) is 2.82. The molecule has 0 unspecified atom stereocenters. The van der Waals surface area contributed by atoms with E-state index in [2.05, 4.69) is 18.8 Å². The summed E-state index contributed by atoms with van der Waals surface area (Å²) in [6.07, 6.45) is 1.00. The second-order valence-electron chi connectivity index (χ2n) is 2.76. The maximum Gasteiger partial charge on any atom is 2.00 e. The molecule has 2 heteroatoms. The van der Waals surface area contributed by atoms with Gasteiger partial charge in [0.2, 0.25) is 0 Å². The summed E-state index contributed by atoms with van der Waals surface area (Å²) in [6, 6.07) is 0. The monoisotopic (exact) mass is 314 g/mol. The maximum absolute atomic E-state index is 4.69. The van der Waals surface area contributed by atoms with Crippen molar-refractivity contribution in [2.24, 2.45) is 0 Å². The molecule has 0 rings (SSSR count). The summed E-state index contributed by atoms with van der Waals surface area (Å²) < 4.78 is 4.69. The molecular weight excluding hydrogens is 296 g/mol. The van der Waals surface area contributed by atoms with Crippen LogP contribution in [0.3, 0.4) is 0 Å². The Labute approximate surface area is 79.8 Å². The zero-order valence-electron chi connectivity index (χ0n) is 7.44. The van der Waals surface area contributed by atoms with Gasteiger partial charge in [0.15, 0.2) is 0 Å². The van der Waals surface area contributed by atoms with Gasteiger partial charge in [0.05, 0.1) is 0 Å². The smallest absolute Gasteiger partial charge is 0.551 e. The van der Waals surface area contributed by atoms with Crippen LogP contribution in [0.4, 0.5) is 0 Å². The van der Waals surface area contributed by atoms with Crippen molar-refractivity contribution in [3.63, 3.8) is 0 Å². The summed E-state index contributed by atoms with van der Waals surface area (Å²) in [5.74, 6) is 0. The molecule has 0 amide bonds. The Morgan fingerprint density at radius 2 is 1.40 bits per heavy atom. The van der Waals surface area contributed by atoms with Gasteiger partial charge in [-0.05, 0) is 20.8 Å². The molecule has 0 radical (unpaired) electrons. The van der Waals surface area contributed by atoms with Gasteiger partial charge >= 0.3 is 21.1 Å². The van der Waals surface area contributed by atoms with Gasteiger partial charge in [0.1, 0.15) is 0 Å². The molecular formula is C8H18OW. The average Bonchev–Trinajstić information content (AvgIpc) is 1.67. The van der Waals surface area contributed by atoms with E-state index in [1.54, 1.807) is 0 Å². The molecule has 0 saturated carbocycles. The molecule has 0 heterocycles. The fraction of sp³-hybridized carbons (Fsp3) is 0.750. The Kier molecular flexibility index (Phi) is 16.3. The Morgan fingerprint density at radius 3 is 1.40 bits per heavy atom. The van der Waals surface area contributed by atoms with Crippen LogP contribution in [-0.2, 0) is 25.8 Å². The third-order valence-corrected chi connectivity index (χ3v) is 0.433. The minimum absolute atomic E-state index is 0. The van der Waals surface area contributed by atoms with E-state index in [9.17, 15) is 0 Å². The number of ether oxygens (including phenoxy) is 1. The van der Waals surface area contributed by atoms with E-state index in [4.69, 9.17) is 0 Å². The van der Waals surface area contributed by atoms with Crippen LogP contribution < -0.4 is 0 Å². The quantitative estimate of drug-likeness (QED) is 0.625. The standard InChI is InChI=1S/C5H11O.C3H7.W/c1-5(2,3)6-4;1-3-2;/h4H2,1-3H3;1,3H2,2H3;/q2*-1;+2. The Balaban J connectivity index is -0.000000107. The minimum Gasteiger partial charge on any atom is -0.551 e. The minimum atomic E-state index is -0.0694. The van der Waals surface area contributed by atoms with E-state index >= 15 is 0 Å². The summed E-state index contributed by atoms with van der Waals surface area (Å²) in [6.45, 7) is 11.4. The van der Waals surface area contributed by atoms with Crippen LogP contribution in [0.5, 0.6) is 0 Å². The summed E-state index contributed by atoms with van der Waals surface area (Å²) in [5, 5.41) is 0. The summed E-state index contributed by atoms with van der Waals surface area (Å²) >= 11 is 0. The summed E-state index contributed by atoms with van der Waals surface area (Å²) in [5.41, 5.74) is -0.0694. The molecule has 0 atom stereocenters. The van der Waals surface area contributed by atoms with Gasteiger partial charge in [-0.25, -0.2) is 7.11 Å². The summed E-state index contributed by atoms with van der Waals surface area (Å²) in [4.78, 5) is 0. The fourth-order valence-electron chi connectivity index (χ4n) is 0. The first-order valence-corrected chi connectivity index (χ1v) is 3.20. The van der Waals surface area contributed by atoms with Crippen LogP contribution in [0.15, 0.2) is 0 Å². The predicted molar refractivity (Wildman–Crippen MR) is 41.8 cm³/mol. The number of rotatable bonds is 0. The Hall–Kier alpha value is 0.648. The molecule has 0 saturated heterocycles. The zero-order chi connectivity index (χ0) is 7.91. The summed E-state index contributed by atoms with van der Waals surface area (Å²) in [7, 11) is 3.26. The molecule has 0 aliphatic carbocycles. The molecule has 0 aromatic rings. The number of hydrogen-bond donors (Lipinski definition) is 0. The third kappa shape index (κ3) is 38.0. The molecule has 0 N–H and O–H groups in total. The van der Waals surface area contributed by atoms with Crippen LogP contribution in [0.2, 0.25) is 0 Å². The van der Waals surface area contributed by atoms with Gasteiger partial charge in [-0.2, -0.15) is 6.42 Å². The van der Waals surface area contributed by atoms with Crippen molar-refractivity contribution in [3.05, 3.63) is 14.0 Å². The normalized spacial score (nSPS) is 9.00. The maximum atomic E-state index is 4.69. The van der Waals surface area contributed by atoms with Gasteiger partial charge in [-0.1, -0.05) is 6.92 Å². The van der Waals surface area contributed by atoms with E-state index in [0.717, 1.165) is 6.42 Å². The van der Waals surface area contributed by atoms with Crippen LogP contribution >= 0.6 is 0 Å². The van der Waals surface area contributed by atoms with Crippen molar-refractivity contribution in [2.75, 3.05) is 0 Å². The van der Waals surface area contributed by atoms with E-state index in [1.807, 2.05) is 27.7 Å². The van der Waals surface area contributed by atoms with Gasteiger partial charge in [-0.15, -0.1) is 0 Å². The molecule has 0 aliphatic heterocycles. The molecule has 10 heavy (non-hydrogen) atoms. The topological polar surface area (TPSA) is 9.23 Å². The second-order valence-corrected chi connectivity index (χ2v) is 2.76. The van der Waals surface area contributed by atoms with Crippen LogP contribution in [-0.4, -0.2) is 5.60 Å². The van der Waals surface area contributed by atoms with Gasteiger partial charge in [0.25, 0.3) is 0 Å². The van der Waals surface area contributed by atoms with Crippen molar-refractivity contribution in [1.29, 1.82) is 0 Å². The molecule has 0 spiro atoms. The first-order valence-electron chi connectivity index (χ1n) is 3.20. The van der Waals surface area contributed by atoms with Gasteiger partial charge in [0, 0.05) is 5.60 Å². The first kappa shape index (κ1) is 16.9. The van der Waals surface area contributed by atoms with Crippen LogP contribution in [0.1, 0.15) is 34.1 Å². The second kappa shape index (κ2) is 9.65. The molecule has 0 bridgehead atoms. The number of hydrogen-bond acceptors (Lipinski definition) is 1. The van der Waals surface area contributed by atoms with Crippen LogP contribution in [0.25, 0.3) is 0 Å². The molecule has 62 valence electrons. The molecule has 0 aliphatic rings. The van der Waals surface area contributed by atoms with Crippen LogP contribution in [0, 0.1) is 14.0 Å². The molecule has 0 aromatic carbocycles. The Bertz CT molecular complexity index is 47.7. The molecule has 1 nitrogen and oxygen atoms in total. The fourth-order valence-corrected chi connectivity index (χ4v) is 0. The van der Waals surface area contributed by atoms with Crippen molar-refractivity contribution >= 4 is 0 Å². The van der Waals surface area contributed by atoms with Crippen molar-refractivity contribution in [3.8, 4) is 0 Å². The van der Waals surface area contributed by atoms with E-state index in [0.29, 0.717) is 0 Å². The SMILES string of the molecule is [CH2-]CC.[CH2-]OC(C)(C)C.[W+2]. The zero-order valence-corrected chi connectivity index (χ0v) is 10.4. The van der Waals surface area contributed by atoms with Gasteiger partial charge in [-0.3, -0.25) is 0 Å². The average molecular weight is 314 g/mol. The van der Waals surface area contributed by atoms with Gasteiger partial charge < -0.3 is 11.7 Å². The molecule has 0 aromatic heterocycles. The van der Waals surface area contributed by atoms with Crippen molar-refractivity contribution < 1.29 is 25.8 Å². The van der Waals surface area contributed by atoms with E-state index < -0.39 is 0 Å². The largest absolute Gasteiger partial charge is 2.00 e. The van der Waals surface area contributed by atoms with Crippen molar-refractivity contribution in [1.82, 2.24) is 0 Å². The van der Waals surface area contributed by atoms with E-state index in [-0.39, 0.29) is 26.7 Å². The van der Waals surface area contributed by atoms with E-state index in [1.165, 1.54) is 0 Å². The third-order valence-electron chi connectivity index (χ3n) is 0.433.